The minimum absolute atomic E-state index is 0.0615. The van der Waals surface area contributed by atoms with Crippen molar-refractivity contribution in [3.05, 3.63) is 52.2 Å². The summed E-state index contributed by atoms with van der Waals surface area (Å²) in [6.07, 6.45) is 0.908. The van der Waals surface area contributed by atoms with Gasteiger partial charge >= 0.3 is 6.61 Å². The molecule has 5 heteroatoms. The highest BCUT2D eigenvalue weighted by Gasteiger charge is 2.16. The molecular weight excluding hydrogens is 292 g/mol. The Labute approximate surface area is 127 Å². The van der Waals surface area contributed by atoms with Gasteiger partial charge in [0.25, 0.3) is 0 Å². The Kier molecular flexibility index (Phi) is 5.70. The van der Waals surface area contributed by atoms with E-state index in [1.54, 1.807) is 23.5 Å². The number of hydrogen-bond donors (Lipinski definition) is 1. The normalized spacial score (nSPS) is 14.1. The van der Waals surface area contributed by atoms with Gasteiger partial charge in [-0.25, -0.2) is 0 Å². The first-order chi connectivity index (χ1) is 10.1. The fourth-order valence-electron chi connectivity index (χ4n) is 2.38. The first-order valence-corrected chi connectivity index (χ1v) is 7.81. The summed E-state index contributed by atoms with van der Waals surface area (Å²) >= 11 is 1.67. The number of ether oxygens (including phenoxy) is 1. The summed E-state index contributed by atoms with van der Waals surface area (Å²) in [4.78, 5) is 0. The Morgan fingerprint density at radius 3 is 2.62 bits per heavy atom. The van der Waals surface area contributed by atoms with E-state index in [0.717, 1.165) is 12.0 Å². The maximum atomic E-state index is 12.4. The monoisotopic (exact) mass is 311 g/mol. The van der Waals surface area contributed by atoms with Crippen molar-refractivity contribution < 1.29 is 13.5 Å². The van der Waals surface area contributed by atoms with Crippen molar-refractivity contribution in [1.82, 2.24) is 5.32 Å². The van der Waals surface area contributed by atoms with Gasteiger partial charge in [0.15, 0.2) is 0 Å². The van der Waals surface area contributed by atoms with Crippen molar-refractivity contribution in [2.45, 2.75) is 39.0 Å². The zero-order chi connectivity index (χ0) is 15.2. The summed E-state index contributed by atoms with van der Waals surface area (Å²) in [6.45, 7) is 1.24. The van der Waals surface area contributed by atoms with Crippen molar-refractivity contribution in [3.8, 4) is 5.75 Å². The molecule has 2 nitrogen and oxygen atoms in total. The second kappa shape index (κ2) is 7.52. The van der Waals surface area contributed by atoms with Gasteiger partial charge in [-0.1, -0.05) is 18.2 Å². The molecule has 1 aromatic carbocycles. The molecule has 0 fully saturated rings. The summed E-state index contributed by atoms with van der Waals surface area (Å²) in [5, 5.41) is 7.60. The molecule has 2 unspecified atom stereocenters. The molecule has 1 heterocycles. The predicted molar refractivity (Wildman–Crippen MR) is 82.1 cm³/mol. The standard InChI is InChI=1S/C16H19F2NOS/c1-11(9-13-7-8-21-10-13)19-12(2)14-5-3-4-6-15(14)20-16(17)18/h3-8,10-12,16,19H,9H2,1-2H3. The summed E-state index contributed by atoms with van der Waals surface area (Å²) in [5.74, 6) is 0.232. The molecule has 1 aromatic heterocycles. The molecule has 1 N–H and O–H groups in total. The third-order valence-corrected chi connectivity index (χ3v) is 3.99. The highest BCUT2D eigenvalue weighted by Crippen LogP contribution is 2.26. The molecule has 2 rings (SSSR count). The fourth-order valence-corrected chi connectivity index (χ4v) is 3.06. The van der Waals surface area contributed by atoms with E-state index in [2.05, 4.69) is 33.8 Å². The molecule has 0 saturated heterocycles. The molecule has 0 amide bonds. The number of thiophene rings is 1. The van der Waals surface area contributed by atoms with Crippen LogP contribution in [0.5, 0.6) is 5.75 Å². The van der Waals surface area contributed by atoms with Gasteiger partial charge in [-0.3, -0.25) is 0 Å². The van der Waals surface area contributed by atoms with Crippen LogP contribution in [-0.2, 0) is 6.42 Å². The molecule has 0 radical (unpaired) electrons. The molecule has 0 aliphatic heterocycles. The molecule has 0 aliphatic carbocycles. The van der Waals surface area contributed by atoms with Crippen LogP contribution in [0.4, 0.5) is 8.78 Å². The van der Waals surface area contributed by atoms with Crippen molar-refractivity contribution in [3.63, 3.8) is 0 Å². The van der Waals surface area contributed by atoms with Gasteiger partial charge in [-0.05, 0) is 48.7 Å². The van der Waals surface area contributed by atoms with E-state index in [1.807, 2.05) is 19.1 Å². The average molecular weight is 311 g/mol. The number of hydrogen-bond acceptors (Lipinski definition) is 3. The predicted octanol–water partition coefficient (Wildman–Crippen LogP) is 4.63. The molecular formula is C16H19F2NOS. The minimum atomic E-state index is -2.80. The molecule has 0 saturated carbocycles. The van der Waals surface area contributed by atoms with Gasteiger partial charge in [0, 0.05) is 17.6 Å². The third-order valence-electron chi connectivity index (χ3n) is 3.26. The Morgan fingerprint density at radius 1 is 1.19 bits per heavy atom. The Hall–Kier alpha value is -1.46. The lowest BCUT2D eigenvalue weighted by molar-refractivity contribution is -0.0506. The number of para-hydroxylation sites is 1. The lowest BCUT2D eigenvalue weighted by Crippen LogP contribution is -2.31. The third kappa shape index (κ3) is 4.79. The summed E-state index contributed by atoms with van der Waals surface area (Å²) in [6, 6.07) is 9.19. The number of nitrogens with one attached hydrogen (secondary N) is 1. The second-order valence-corrected chi connectivity index (χ2v) is 5.82. The SMILES string of the molecule is CC(Cc1ccsc1)NC(C)c1ccccc1OC(F)F. The van der Waals surface area contributed by atoms with Crippen molar-refractivity contribution in [2.75, 3.05) is 0 Å². The van der Waals surface area contributed by atoms with Gasteiger partial charge in [0.2, 0.25) is 0 Å². The van der Waals surface area contributed by atoms with Gasteiger partial charge in [0.1, 0.15) is 5.75 Å². The van der Waals surface area contributed by atoms with Crippen LogP contribution in [0.1, 0.15) is 31.0 Å². The Balaban J connectivity index is 2.00. The maximum absolute atomic E-state index is 12.4. The number of halogens is 2. The second-order valence-electron chi connectivity index (χ2n) is 5.04. The van der Waals surface area contributed by atoms with Crippen molar-refractivity contribution in [1.29, 1.82) is 0 Å². The van der Waals surface area contributed by atoms with Gasteiger partial charge < -0.3 is 10.1 Å². The van der Waals surface area contributed by atoms with Gasteiger partial charge in [-0.2, -0.15) is 20.1 Å². The Morgan fingerprint density at radius 2 is 1.95 bits per heavy atom. The van der Waals surface area contributed by atoms with E-state index < -0.39 is 6.61 Å². The van der Waals surface area contributed by atoms with E-state index in [1.165, 1.54) is 5.56 Å². The van der Waals surface area contributed by atoms with E-state index >= 15 is 0 Å². The van der Waals surface area contributed by atoms with Crippen LogP contribution in [0.25, 0.3) is 0 Å². The summed E-state index contributed by atoms with van der Waals surface area (Å²) < 4.78 is 29.5. The van der Waals surface area contributed by atoms with Crippen LogP contribution < -0.4 is 10.1 Å². The van der Waals surface area contributed by atoms with Crippen LogP contribution >= 0.6 is 11.3 Å². The van der Waals surface area contributed by atoms with Crippen LogP contribution in [0, 0.1) is 0 Å². The van der Waals surface area contributed by atoms with Crippen LogP contribution in [-0.4, -0.2) is 12.7 Å². The number of alkyl halides is 2. The van der Waals surface area contributed by atoms with Crippen LogP contribution in [0.15, 0.2) is 41.1 Å². The fraction of sp³-hybridized carbons (Fsp3) is 0.375. The van der Waals surface area contributed by atoms with E-state index in [-0.39, 0.29) is 17.8 Å². The van der Waals surface area contributed by atoms with Crippen LogP contribution in [0.2, 0.25) is 0 Å². The van der Waals surface area contributed by atoms with Gasteiger partial charge in [-0.15, -0.1) is 0 Å². The Bertz CT molecular complexity index is 545. The van der Waals surface area contributed by atoms with Gasteiger partial charge in [0.05, 0.1) is 0 Å². The first kappa shape index (κ1) is 15.9. The molecule has 0 aliphatic rings. The zero-order valence-corrected chi connectivity index (χ0v) is 12.9. The van der Waals surface area contributed by atoms with Crippen molar-refractivity contribution >= 4 is 11.3 Å². The highest BCUT2D eigenvalue weighted by atomic mass is 32.1. The number of benzene rings is 1. The molecule has 2 atom stereocenters. The molecule has 114 valence electrons. The summed E-state index contributed by atoms with van der Waals surface area (Å²) in [7, 11) is 0. The first-order valence-electron chi connectivity index (χ1n) is 6.87. The quantitative estimate of drug-likeness (QED) is 0.805. The van der Waals surface area contributed by atoms with E-state index in [4.69, 9.17) is 0 Å². The van der Waals surface area contributed by atoms with Crippen LogP contribution in [0.3, 0.4) is 0 Å². The summed E-state index contributed by atoms with van der Waals surface area (Å²) in [5.41, 5.74) is 2.03. The molecule has 0 spiro atoms. The van der Waals surface area contributed by atoms with E-state index in [0.29, 0.717) is 0 Å². The topological polar surface area (TPSA) is 21.3 Å². The van der Waals surface area contributed by atoms with Crippen molar-refractivity contribution in [2.24, 2.45) is 0 Å². The molecule has 21 heavy (non-hydrogen) atoms. The number of rotatable bonds is 7. The maximum Gasteiger partial charge on any atom is 0.387 e. The zero-order valence-electron chi connectivity index (χ0n) is 12.1. The average Bonchev–Trinajstić information content (AvgIpc) is 2.91. The molecule has 0 bridgehead atoms. The smallest absolute Gasteiger partial charge is 0.387 e. The minimum Gasteiger partial charge on any atom is -0.434 e. The lowest BCUT2D eigenvalue weighted by atomic mass is 10.0. The van der Waals surface area contributed by atoms with E-state index in [9.17, 15) is 8.78 Å². The highest BCUT2D eigenvalue weighted by molar-refractivity contribution is 7.07. The molecule has 2 aromatic rings. The largest absolute Gasteiger partial charge is 0.434 e. The lowest BCUT2D eigenvalue weighted by Gasteiger charge is -2.22.